The van der Waals surface area contributed by atoms with Crippen LogP contribution in [0.3, 0.4) is 0 Å². The van der Waals surface area contributed by atoms with Crippen molar-refractivity contribution in [2.45, 2.75) is 70.7 Å². The molecule has 0 amide bonds. The number of allylic oxidation sites excluding steroid dienone is 5. The SMILES string of the molecule is CCCC[C-](C)[C@@H](O)C#C\C=C/C=C/C=C/[C@@H](O)[C@@H](O)CCCC(=O)O.[Re]. The first-order chi connectivity index (χ1) is 12.4. The van der Waals surface area contributed by atoms with Gasteiger partial charge in [-0.05, 0) is 25.0 Å². The number of aliphatic carboxylic acids is 1. The molecule has 6 heteroatoms. The van der Waals surface area contributed by atoms with Gasteiger partial charge in [0, 0.05) is 26.8 Å². The van der Waals surface area contributed by atoms with E-state index < -0.39 is 24.3 Å². The Hall–Kier alpha value is -1.21. The molecule has 0 aliphatic heterocycles. The molecule has 4 N–H and O–H groups in total. The number of aliphatic hydroxyl groups excluding tert-OH is 3. The Morgan fingerprint density at radius 1 is 1.11 bits per heavy atom. The van der Waals surface area contributed by atoms with Gasteiger partial charge in [-0.25, -0.2) is 0 Å². The number of rotatable bonds is 12. The Labute approximate surface area is 176 Å². The van der Waals surface area contributed by atoms with Gasteiger partial charge in [0.1, 0.15) is 0 Å². The number of carbonyl (C=O) groups is 1. The maximum atomic E-state index is 10.4. The molecule has 0 aliphatic carbocycles. The average Bonchev–Trinajstić information content (AvgIpc) is 2.60. The molecule has 5 nitrogen and oxygen atoms in total. The average molecular weight is 550 g/mol. The van der Waals surface area contributed by atoms with Crippen molar-refractivity contribution >= 4 is 5.97 Å². The Morgan fingerprint density at radius 3 is 2.41 bits per heavy atom. The van der Waals surface area contributed by atoms with Crippen molar-refractivity contribution in [3.05, 3.63) is 42.4 Å². The van der Waals surface area contributed by atoms with E-state index in [2.05, 4.69) is 18.8 Å². The minimum absolute atomic E-state index is 0. The Morgan fingerprint density at radius 2 is 1.78 bits per heavy atom. The fourth-order valence-electron chi connectivity index (χ4n) is 2.01. The first-order valence-electron chi connectivity index (χ1n) is 8.97. The first-order valence-corrected chi connectivity index (χ1v) is 8.97. The minimum Gasteiger partial charge on any atom is -0.481 e. The molecule has 0 aromatic rings. The van der Waals surface area contributed by atoms with Crippen LogP contribution in [0.25, 0.3) is 0 Å². The number of unbranched alkanes of at least 4 members (excludes halogenated alkanes) is 1. The number of carboxylic acid groups (broad SMARTS) is 1. The second kappa shape index (κ2) is 18.2. The second-order valence-electron chi connectivity index (χ2n) is 6.11. The van der Waals surface area contributed by atoms with Gasteiger partial charge in [0.15, 0.2) is 0 Å². The smallest absolute Gasteiger partial charge is 0.303 e. The summed E-state index contributed by atoms with van der Waals surface area (Å²) in [5.41, 5.74) is 0. The van der Waals surface area contributed by atoms with Gasteiger partial charge < -0.3 is 20.4 Å². The van der Waals surface area contributed by atoms with Crippen LogP contribution in [0.1, 0.15) is 52.4 Å². The van der Waals surface area contributed by atoms with Gasteiger partial charge in [0.25, 0.3) is 0 Å². The van der Waals surface area contributed by atoms with Crippen LogP contribution in [0, 0.1) is 17.8 Å². The molecule has 0 saturated heterocycles. The zero-order valence-electron chi connectivity index (χ0n) is 16.0. The van der Waals surface area contributed by atoms with Crippen molar-refractivity contribution in [1.29, 1.82) is 0 Å². The van der Waals surface area contributed by atoms with Crippen molar-refractivity contribution in [3.63, 3.8) is 0 Å². The van der Waals surface area contributed by atoms with Crippen molar-refractivity contribution in [2.75, 3.05) is 0 Å². The normalized spacial score (nSPS) is 14.9. The molecule has 27 heavy (non-hydrogen) atoms. The number of hydrogen-bond acceptors (Lipinski definition) is 4. The Kier molecular flexibility index (Phi) is 18.8. The van der Waals surface area contributed by atoms with E-state index in [1.165, 1.54) is 6.08 Å². The van der Waals surface area contributed by atoms with E-state index in [-0.39, 0.29) is 33.3 Å². The molecule has 1 radical (unpaired) electrons. The molecule has 0 aromatic heterocycles. The molecule has 0 rings (SSSR count). The van der Waals surface area contributed by atoms with Crippen LogP contribution in [-0.2, 0) is 25.2 Å². The molecule has 0 unspecified atom stereocenters. The summed E-state index contributed by atoms with van der Waals surface area (Å²) in [6.07, 6.45) is 10.6. The van der Waals surface area contributed by atoms with Crippen molar-refractivity contribution in [3.8, 4) is 11.8 Å². The molecular weight excluding hydrogens is 518 g/mol. The maximum Gasteiger partial charge on any atom is 0.303 e. The summed E-state index contributed by atoms with van der Waals surface area (Å²) in [6.45, 7) is 4.01. The van der Waals surface area contributed by atoms with E-state index in [9.17, 15) is 20.1 Å². The monoisotopic (exact) mass is 550 g/mol. The van der Waals surface area contributed by atoms with E-state index >= 15 is 0 Å². The van der Waals surface area contributed by atoms with Crippen LogP contribution in [0.4, 0.5) is 0 Å². The number of carboxylic acids is 1. The van der Waals surface area contributed by atoms with Gasteiger partial charge in [-0.2, -0.15) is 13.3 Å². The van der Waals surface area contributed by atoms with Gasteiger partial charge in [0.2, 0.25) is 0 Å². The summed E-state index contributed by atoms with van der Waals surface area (Å²) < 4.78 is 0. The first kappa shape index (κ1) is 28.0. The predicted octanol–water partition coefficient (Wildman–Crippen LogP) is 2.78. The summed E-state index contributed by atoms with van der Waals surface area (Å²) in [7, 11) is 0. The molecule has 0 fully saturated rings. The van der Waals surface area contributed by atoms with Crippen molar-refractivity contribution in [2.24, 2.45) is 0 Å². The van der Waals surface area contributed by atoms with Crippen LogP contribution in [0.5, 0.6) is 0 Å². The van der Waals surface area contributed by atoms with Crippen molar-refractivity contribution < 1.29 is 45.6 Å². The van der Waals surface area contributed by atoms with Crippen LogP contribution in [0.2, 0.25) is 0 Å². The molecule has 153 valence electrons. The predicted molar refractivity (Wildman–Crippen MR) is 103 cm³/mol. The topological polar surface area (TPSA) is 98.0 Å². The fourth-order valence-corrected chi connectivity index (χ4v) is 2.01. The van der Waals surface area contributed by atoms with Gasteiger partial charge in [0.05, 0.1) is 12.2 Å². The molecule has 0 aromatic carbocycles. The van der Waals surface area contributed by atoms with Gasteiger partial charge >= 0.3 is 5.97 Å². The van der Waals surface area contributed by atoms with Crippen LogP contribution in [0.15, 0.2) is 36.5 Å². The molecular formula is C21H31O5Re-. The zero-order chi connectivity index (χ0) is 19.8. The molecule has 0 aliphatic rings. The van der Waals surface area contributed by atoms with Crippen LogP contribution < -0.4 is 0 Å². The Balaban J connectivity index is 0. The molecule has 3 atom stereocenters. The summed E-state index contributed by atoms with van der Waals surface area (Å²) in [4.78, 5) is 10.4. The maximum absolute atomic E-state index is 10.4. The van der Waals surface area contributed by atoms with E-state index in [1.807, 2.05) is 6.92 Å². The van der Waals surface area contributed by atoms with Gasteiger partial charge in [-0.15, -0.1) is 5.92 Å². The van der Waals surface area contributed by atoms with E-state index in [0.717, 1.165) is 25.2 Å². The molecule has 0 saturated carbocycles. The molecule has 0 bridgehead atoms. The molecule has 0 heterocycles. The third kappa shape index (κ3) is 16.7. The number of aliphatic hydroxyl groups is 3. The summed E-state index contributed by atoms with van der Waals surface area (Å²) in [6, 6.07) is 0. The van der Waals surface area contributed by atoms with E-state index in [4.69, 9.17) is 5.11 Å². The quantitative estimate of drug-likeness (QED) is 0.171. The van der Waals surface area contributed by atoms with Gasteiger partial charge in [-0.1, -0.05) is 56.1 Å². The third-order valence-corrected chi connectivity index (χ3v) is 3.72. The second-order valence-corrected chi connectivity index (χ2v) is 6.11. The van der Waals surface area contributed by atoms with Crippen molar-refractivity contribution in [1.82, 2.24) is 0 Å². The van der Waals surface area contributed by atoms with Gasteiger partial charge in [-0.3, -0.25) is 10.7 Å². The van der Waals surface area contributed by atoms with Crippen LogP contribution in [-0.4, -0.2) is 44.7 Å². The summed E-state index contributed by atoms with van der Waals surface area (Å²) in [5.74, 6) is 5.60. The Bertz CT molecular complexity index is 530. The zero-order valence-corrected chi connectivity index (χ0v) is 18.7. The van der Waals surface area contributed by atoms with Crippen LogP contribution >= 0.6 is 0 Å². The third-order valence-electron chi connectivity index (χ3n) is 3.72. The summed E-state index contributed by atoms with van der Waals surface area (Å²) >= 11 is 0. The van der Waals surface area contributed by atoms with E-state index in [0.29, 0.717) is 6.42 Å². The molecule has 0 spiro atoms. The largest absolute Gasteiger partial charge is 0.481 e. The fraction of sp³-hybridized carbons (Fsp3) is 0.524. The minimum atomic E-state index is -1.03. The standard InChI is InChI=1S/C21H31O5.Re/c1-3-4-12-17(2)18(22)13-9-7-5-6-8-10-14-19(23)20(24)15-11-16-21(25)26;/h5-8,10,14,18-20,22-24H,3-4,11-12,15-16H2,1-2H3,(H,25,26);/q-1;/b7-5-,8-6+,14-10+;/t18-,19+,20-;/m0./s1. The van der Waals surface area contributed by atoms with E-state index in [1.54, 1.807) is 30.4 Å². The summed E-state index contributed by atoms with van der Waals surface area (Å²) in [5, 5.41) is 37.7. The number of hydrogen-bond donors (Lipinski definition) is 4.